The zero-order chi connectivity index (χ0) is 19.0. The summed E-state index contributed by atoms with van der Waals surface area (Å²) < 4.78 is 28.9. The second-order valence-corrected chi connectivity index (χ2v) is 8.59. The van der Waals surface area contributed by atoms with Crippen LogP contribution >= 0.6 is 7.60 Å². The summed E-state index contributed by atoms with van der Waals surface area (Å²) in [5.41, 5.74) is 1.29. The van der Waals surface area contributed by atoms with Crippen molar-refractivity contribution in [3.05, 3.63) is 23.0 Å². The smallest absolute Gasteiger partial charge is 0.368 e. The third-order valence-corrected chi connectivity index (χ3v) is 6.64. The highest BCUT2D eigenvalue weighted by molar-refractivity contribution is 7.59. The number of rotatable bonds is 9. The molecule has 5 nitrogen and oxygen atoms in total. The Bertz CT molecular complexity index is 540. The van der Waals surface area contributed by atoms with E-state index < -0.39 is 13.6 Å². The number of hydrogen-bond acceptors (Lipinski definition) is 5. The molecule has 1 aliphatic rings. The van der Waals surface area contributed by atoms with Gasteiger partial charge in [0.05, 0.1) is 19.8 Å². The molecule has 0 aromatic heterocycles. The number of carbonyl (C=O) groups is 1. The van der Waals surface area contributed by atoms with Gasteiger partial charge in [0, 0.05) is 0 Å². The highest BCUT2D eigenvalue weighted by Crippen LogP contribution is 2.56. The minimum absolute atomic E-state index is 0.0212. The van der Waals surface area contributed by atoms with E-state index in [1.54, 1.807) is 26.8 Å². The van der Waals surface area contributed by atoms with Gasteiger partial charge in [0.2, 0.25) is 0 Å². The number of allylic oxidation sites excluding steroid dienone is 3. The average Bonchev–Trinajstić information content (AvgIpc) is 2.89. The van der Waals surface area contributed by atoms with Crippen LogP contribution in [0, 0.1) is 17.8 Å². The van der Waals surface area contributed by atoms with Gasteiger partial charge in [-0.15, -0.1) is 0 Å². The van der Waals surface area contributed by atoms with Crippen LogP contribution in [0.4, 0.5) is 0 Å². The van der Waals surface area contributed by atoms with Crippen molar-refractivity contribution < 1.29 is 23.1 Å². The maximum Gasteiger partial charge on any atom is 0.368 e. The van der Waals surface area contributed by atoms with Gasteiger partial charge < -0.3 is 13.8 Å². The minimum Gasteiger partial charge on any atom is -0.462 e. The van der Waals surface area contributed by atoms with E-state index in [1.165, 1.54) is 5.57 Å². The highest BCUT2D eigenvalue weighted by Gasteiger charge is 2.36. The van der Waals surface area contributed by atoms with Crippen molar-refractivity contribution in [2.75, 3.05) is 19.8 Å². The van der Waals surface area contributed by atoms with Crippen LogP contribution in [0.3, 0.4) is 0 Å². The minimum atomic E-state index is -3.69. The molecular weight excluding hydrogens is 339 g/mol. The molecule has 0 heterocycles. The molecule has 0 amide bonds. The van der Waals surface area contributed by atoms with Crippen LogP contribution in [-0.4, -0.2) is 25.8 Å². The first-order valence-corrected chi connectivity index (χ1v) is 10.8. The van der Waals surface area contributed by atoms with Gasteiger partial charge in [0.15, 0.2) is 0 Å². The van der Waals surface area contributed by atoms with Crippen LogP contribution in [0.25, 0.3) is 0 Å². The molecule has 144 valence electrons. The predicted molar refractivity (Wildman–Crippen MR) is 100 cm³/mol. The highest BCUT2D eigenvalue weighted by atomic mass is 31.2. The summed E-state index contributed by atoms with van der Waals surface area (Å²) in [7, 11) is -3.69. The summed E-state index contributed by atoms with van der Waals surface area (Å²) in [4.78, 5) is 12.4. The fourth-order valence-electron chi connectivity index (χ4n) is 3.30. The second-order valence-electron chi connectivity index (χ2n) is 6.60. The fraction of sp³-hybridized carbons (Fsp3) is 0.737. The molecule has 0 spiro atoms. The zero-order valence-corrected chi connectivity index (χ0v) is 17.3. The molecule has 0 N–H and O–H groups in total. The lowest BCUT2D eigenvalue weighted by molar-refractivity contribution is -0.137. The topological polar surface area (TPSA) is 61.8 Å². The Hall–Kier alpha value is -0.900. The van der Waals surface area contributed by atoms with Crippen molar-refractivity contribution in [3.8, 4) is 0 Å². The molecule has 25 heavy (non-hydrogen) atoms. The Morgan fingerprint density at radius 1 is 1.16 bits per heavy atom. The Balaban J connectivity index is 3.31. The summed E-state index contributed by atoms with van der Waals surface area (Å²) in [5.74, 6) is 0.816. The van der Waals surface area contributed by atoms with Crippen LogP contribution in [0.15, 0.2) is 23.0 Å². The molecule has 1 aliphatic carbocycles. The molecule has 0 saturated heterocycles. The Labute approximate surface area is 152 Å². The van der Waals surface area contributed by atoms with Gasteiger partial charge in [-0.1, -0.05) is 32.4 Å². The van der Waals surface area contributed by atoms with Crippen molar-refractivity contribution >= 4 is 13.6 Å². The van der Waals surface area contributed by atoms with Gasteiger partial charge in [-0.25, -0.2) is 4.79 Å². The van der Waals surface area contributed by atoms with Crippen molar-refractivity contribution in [3.63, 3.8) is 0 Å². The van der Waals surface area contributed by atoms with E-state index >= 15 is 0 Å². The van der Waals surface area contributed by atoms with Gasteiger partial charge in [-0.3, -0.25) is 4.57 Å². The van der Waals surface area contributed by atoms with Crippen LogP contribution in [-0.2, 0) is 23.1 Å². The molecule has 0 bridgehead atoms. The molecule has 0 aliphatic heterocycles. The molecule has 0 radical (unpaired) electrons. The SMILES string of the molecule is CCOC(=O)/C(=C/C=C1/[C@H](C)CC[C@H]1C(C)C)P(=O)(OCC)OCC. The van der Waals surface area contributed by atoms with Gasteiger partial charge in [-0.05, 0) is 57.4 Å². The van der Waals surface area contributed by atoms with Crippen molar-refractivity contribution in [2.45, 2.75) is 54.4 Å². The normalized spacial score (nSPS) is 23.5. The summed E-state index contributed by atoms with van der Waals surface area (Å²) in [5, 5.41) is -0.0212. The largest absolute Gasteiger partial charge is 0.462 e. The Morgan fingerprint density at radius 3 is 2.24 bits per heavy atom. The molecule has 6 heteroatoms. The molecule has 1 rings (SSSR count). The Kier molecular flexibility index (Phi) is 9.12. The lowest BCUT2D eigenvalue weighted by Crippen LogP contribution is -2.12. The van der Waals surface area contributed by atoms with Crippen LogP contribution in [0.5, 0.6) is 0 Å². The molecule has 1 fully saturated rings. The van der Waals surface area contributed by atoms with Crippen LogP contribution in [0.2, 0.25) is 0 Å². The summed E-state index contributed by atoms with van der Waals surface area (Å²) in [6, 6.07) is 0. The number of ether oxygens (including phenoxy) is 1. The monoisotopic (exact) mass is 372 g/mol. The van der Waals surface area contributed by atoms with E-state index in [-0.39, 0.29) is 25.1 Å². The first-order valence-electron chi connectivity index (χ1n) is 9.29. The van der Waals surface area contributed by atoms with Gasteiger partial charge in [0.25, 0.3) is 0 Å². The summed E-state index contributed by atoms with van der Waals surface area (Å²) in [6.45, 7) is 12.4. The van der Waals surface area contributed by atoms with Gasteiger partial charge >= 0.3 is 13.6 Å². The van der Waals surface area contributed by atoms with Crippen molar-refractivity contribution in [1.82, 2.24) is 0 Å². The lowest BCUT2D eigenvalue weighted by Gasteiger charge is -2.20. The summed E-state index contributed by atoms with van der Waals surface area (Å²) in [6.07, 6.45) is 5.80. The van der Waals surface area contributed by atoms with Crippen LogP contribution in [0.1, 0.15) is 54.4 Å². The van der Waals surface area contributed by atoms with E-state index in [0.717, 1.165) is 12.8 Å². The summed E-state index contributed by atoms with van der Waals surface area (Å²) >= 11 is 0. The number of carbonyl (C=O) groups excluding carboxylic acids is 1. The van der Waals surface area contributed by atoms with Crippen molar-refractivity contribution in [2.24, 2.45) is 17.8 Å². The van der Waals surface area contributed by atoms with Crippen LogP contribution < -0.4 is 0 Å². The van der Waals surface area contributed by atoms with E-state index in [2.05, 4.69) is 20.8 Å². The lowest BCUT2D eigenvalue weighted by atomic mass is 9.88. The molecule has 1 saturated carbocycles. The quantitative estimate of drug-likeness (QED) is 0.311. The third kappa shape index (κ3) is 5.80. The van der Waals surface area contributed by atoms with E-state index in [4.69, 9.17) is 13.8 Å². The molecule has 0 aromatic rings. The predicted octanol–water partition coefficient (Wildman–Crippen LogP) is 5.33. The molecule has 2 atom stereocenters. The zero-order valence-electron chi connectivity index (χ0n) is 16.4. The third-order valence-electron chi connectivity index (χ3n) is 4.52. The van der Waals surface area contributed by atoms with Gasteiger partial charge in [0.1, 0.15) is 5.31 Å². The van der Waals surface area contributed by atoms with E-state index in [1.807, 2.05) is 6.08 Å². The maximum absolute atomic E-state index is 13.1. The maximum atomic E-state index is 13.1. The molecule has 0 unspecified atom stereocenters. The fourth-order valence-corrected chi connectivity index (χ4v) is 4.88. The Morgan fingerprint density at radius 2 is 1.76 bits per heavy atom. The molecular formula is C19H33O5P. The molecule has 0 aromatic carbocycles. The standard InChI is InChI=1S/C19H33O5P/c1-7-22-19(20)18(25(21,23-8-2)24-9-3)13-12-17-15(6)10-11-16(17)14(4)5/h12-16H,7-11H2,1-6H3/b17-12-,18-13-/t15-,16+/m1/s1. The second kappa shape index (κ2) is 10.3. The number of esters is 1. The number of hydrogen-bond donors (Lipinski definition) is 0. The van der Waals surface area contributed by atoms with Crippen molar-refractivity contribution in [1.29, 1.82) is 0 Å². The first kappa shape index (κ1) is 22.1. The van der Waals surface area contributed by atoms with E-state index in [0.29, 0.717) is 17.8 Å². The first-order chi connectivity index (χ1) is 11.8. The van der Waals surface area contributed by atoms with E-state index in [9.17, 15) is 9.36 Å². The van der Waals surface area contributed by atoms with Gasteiger partial charge in [-0.2, -0.15) is 0 Å². The average molecular weight is 372 g/mol.